The van der Waals surface area contributed by atoms with E-state index in [1.165, 1.54) is 48.9 Å². The number of benzene rings is 1. The van der Waals surface area contributed by atoms with Gasteiger partial charge in [0.15, 0.2) is 5.13 Å². The van der Waals surface area contributed by atoms with Gasteiger partial charge < -0.3 is 25.4 Å². The van der Waals surface area contributed by atoms with Crippen LogP contribution in [0.5, 0.6) is 5.75 Å². The summed E-state index contributed by atoms with van der Waals surface area (Å²) in [5.41, 5.74) is 4.74. The average Bonchev–Trinajstić information content (AvgIpc) is 3.33. The van der Waals surface area contributed by atoms with Crippen LogP contribution >= 0.6 is 11.3 Å². The molecule has 0 atom stereocenters. The van der Waals surface area contributed by atoms with E-state index in [-0.39, 0.29) is 24.3 Å². The van der Waals surface area contributed by atoms with Crippen molar-refractivity contribution >= 4 is 40.2 Å². The van der Waals surface area contributed by atoms with Gasteiger partial charge in [-0.15, -0.1) is 0 Å². The highest BCUT2D eigenvalue weighted by molar-refractivity contribution is 7.17. The number of amides is 2. The standard InChI is InChI=1S/C23H28N4O6S/c1-23(2,21(31)32-3)13-26-19(29)15-8-10-27(11-9-15)22-25-12-17(34-22)20(30)33-16-6-4-14(5-7-16)18(24)28/h4-7,12,15H,8-11,13H2,1-3H3,(H2,24,28)(H,26,29). The molecule has 0 unspecified atom stereocenters. The number of carbonyl (C=O) groups excluding carboxylic acids is 4. The Labute approximate surface area is 201 Å². The molecule has 1 fully saturated rings. The van der Waals surface area contributed by atoms with E-state index in [1.807, 2.05) is 4.90 Å². The number of methoxy groups -OCH3 is 1. The molecule has 10 nitrogen and oxygen atoms in total. The minimum atomic E-state index is -0.791. The Hall–Kier alpha value is -3.47. The first-order valence-corrected chi connectivity index (χ1v) is 11.6. The second-order valence-corrected chi connectivity index (χ2v) is 9.65. The molecule has 0 saturated carbocycles. The maximum absolute atomic E-state index is 12.5. The van der Waals surface area contributed by atoms with Crippen LogP contribution in [0.3, 0.4) is 0 Å². The van der Waals surface area contributed by atoms with Gasteiger partial charge in [0.2, 0.25) is 11.8 Å². The SMILES string of the molecule is COC(=O)C(C)(C)CNC(=O)C1CCN(c2ncc(C(=O)Oc3ccc(C(N)=O)cc3)s2)CC1. The molecule has 1 aromatic carbocycles. The molecule has 2 aromatic rings. The van der Waals surface area contributed by atoms with Crippen molar-refractivity contribution in [2.75, 3.05) is 31.6 Å². The van der Waals surface area contributed by atoms with Gasteiger partial charge in [0.1, 0.15) is 10.6 Å². The third-order valence-electron chi connectivity index (χ3n) is 5.62. The van der Waals surface area contributed by atoms with E-state index in [0.29, 0.717) is 47.3 Å². The second-order valence-electron chi connectivity index (χ2n) is 8.64. The topological polar surface area (TPSA) is 141 Å². The van der Waals surface area contributed by atoms with E-state index < -0.39 is 17.3 Å². The molecule has 1 aliphatic rings. The van der Waals surface area contributed by atoms with E-state index in [2.05, 4.69) is 10.3 Å². The first kappa shape index (κ1) is 25.2. The molecule has 182 valence electrons. The Kier molecular flexibility index (Phi) is 7.87. The van der Waals surface area contributed by atoms with Gasteiger partial charge in [0.25, 0.3) is 0 Å². The molecule has 1 aliphatic heterocycles. The summed E-state index contributed by atoms with van der Waals surface area (Å²) in [7, 11) is 1.33. The van der Waals surface area contributed by atoms with E-state index in [0.717, 1.165) is 0 Å². The summed E-state index contributed by atoms with van der Waals surface area (Å²) in [6.45, 7) is 4.90. The van der Waals surface area contributed by atoms with Gasteiger partial charge in [0, 0.05) is 31.1 Å². The average molecular weight is 489 g/mol. The quantitative estimate of drug-likeness (QED) is 0.425. The zero-order valence-electron chi connectivity index (χ0n) is 19.3. The number of hydrogen-bond donors (Lipinski definition) is 2. The Bertz CT molecular complexity index is 1060. The van der Waals surface area contributed by atoms with Gasteiger partial charge in [-0.2, -0.15) is 0 Å². The zero-order chi connectivity index (χ0) is 24.9. The summed E-state index contributed by atoms with van der Waals surface area (Å²) < 4.78 is 10.1. The number of anilines is 1. The summed E-state index contributed by atoms with van der Waals surface area (Å²) in [5.74, 6) is -1.41. The molecular formula is C23H28N4O6S. The van der Waals surface area contributed by atoms with Crippen molar-refractivity contribution in [3.05, 3.63) is 40.9 Å². The number of hydrogen-bond acceptors (Lipinski definition) is 9. The fourth-order valence-corrected chi connectivity index (χ4v) is 4.33. The highest BCUT2D eigenvalue weighted by Crippen LogP contribution is 2.28. The van der Waals surface area contributed by atoms with E-state index in [1.54, 1.807) is 13.8 Å². The number of primary amides is 1. The highest BCUT2D eigenvalue weighted by Gasteiger charge is 2.32. The summed E-state index contributed by atoms with van der Waals surface area (Å²) in [4.78, 5) is 54.6. The van der Waals surface area contributed by atoms with Crippen molar-refractivity contribution in [2.24, 2.45) is 17.1 Å². The largest absolute Gasteiger partial charge is 0.469 e. The first-order valence-electron chi connectivity index (χ1n) is 10.8. The van der Waals surface area contributed by atoms with Crippen LogP contribution in [0.4, 0.5) is 5.13 Å². The molecule has 0 radical (unpaired) electrons. The molecule has 2 amide bonds. The van der Waals surface area contributed by atoms with Crippen LogP contribution in [-0.2, 0) is 14.3 Å². The van der Waals surface area contributed by atoms with E-state index >= 15 is 0 Å². The lowest BCUT2D eigenvalue weighted by Crippen LogP contribution is -2.45. The maximum atomic E-state index is 12.5. The number of esters is 2. The van der Waals surface area contributed by atoms with Gasteiger partial charge in [-0.25, -0.2) is 9.78 Å². The van der Waals surface area contributed by atoms with Crippen LogP contribution in [-0.4, -0.2) is 55.5 Å². The molecule has 2 heterocycles. The third-order valence-corrected chi connectivity index (χ3v) is 6.66. The fraction of sp³-hybridized carbons (Fsp3) is 0.435. The monoisotopic (exact) mass is 488 g/mol. The Morgan fingerprint density at radius 3 is 2.41 bits per heavy atom. The van der Waals surface area contributed by atoms with Crippen LogP contribution < -0.4 is 20.7 Å². The summed E-state index contributed by atoms with van der Waals surface area (Å²) in [5, 5.41) is 3.54. The van der Waals surface area contributed by atoms with Gasteiger partial charge in [-0.05, 0) is 51.0 Å². The third kappa shape index (κ3) is 6.10. The van der Waals surface area contributed by atoms with Gasteiger partial charge >= 0.3 is 11.9 Å². The minimum Gasteiger partial charge on any atom is -0.469 e. The Balaban J connectivity index is 1.50. The lowest BCUT2D eigenvalue weighted by molar-refractivity contribution is -0.150. The highest BCUT2D eigenvalue weighted by atomic mass is 32.1. The normalized spacial score (nSPS) is 14.4. The molecule has 3 N–H and O–H groups in total. The van der Waals surface area contributed by atoms with Gasteiger partial charge in [-0.3, -0.25) is 14.4 Å². The van der Waals surface area contributed by atoms with Gasteiger partial charge in [-0.1, -0.05) is 11.3 Å². The van der Waals surface area contributed by atoms with Crippen LogP contribution in [0.25, 0.3) is 0 Å². The van der Waals surface area contributed by atoms with Crippen molar-refractivity contribution in [2.45, 2.75) is 26.7 Å². The summed E-state index contributed by atoms with van der Waals surface area (Å²) in [6, 6.07) is 5.98. The number of nitrogens with one attached hydrogen (secondary N) is 1. The zero-order valence-corrected chi connectivity index (χ0v) is 20.1. The van der Waals surface area contributed by atoms with Crippen molar-refractivity contribution in [3.63, 3.8) is 0 Å². The molecular weight excluding hydrogens is 460 g/mol. The van der Waals surface area contributed by atoms with Crippen molar-refractivity contribution in [1.82, 2.24) is 10.3 Å². The predicted molar refractivity (Wildman–Crippen MR) is 126 cm³/mol. The maximum Gasteiger partial charge on any atom is 0.355 e. The van der Waals surface area contributed by atoms with Crippen molar-refractivity contribution in [3.8, 4) is 5.75 Å². The number of aromatic nitrogens is 1. The molecule has 3 rings (SSSR count). The molecule has 0 aliphatic carbocycles. The smallest absolute Gasteiger partial charge is 0.355 e. The second kappa shape index (κ2) is 10.6. The van der Waals surface area contributed by atoms with Crippen LogP contribution in [0.15, 0.2) is 30.5 Å². The summed E-state index contributed by atoms with van der Waals surface area (Å²) in [6.07, 6.45) is 2.74. The molecule has 11 heteroatoms. The molecule has 1 aromatic heterocycles. The Morgan fingerprint density at radius 1 is 1.18 bits per heavy atom. The van der Waals surface area contributed by atoms with Gasteiger partial charge in [0.05, 0.1) is 18.7 Å². The molecule has 1 saturated heterocycles. The van der Waals surface area contributed by atoms with E-state index in [9.17, 15) is 19.2 Å². The first-order chi connectivity index (χ1) is 16.1. The Morgan fingerprint density at radius 2 is 1.82 bits per heavy atom. The molecule has 0 bridgehead atoms. The number of piperidine rings is 1. The van der Waals surface area contributed by atoms with Crippen LogP contribution in [0.1, 0.15) is 46.7 Å². The molecule has 0 spiro atoms. The summed E-state index contributed by atoms with van der Waals surface area (Å²) >= 11 is 1.22. The number of carbonyl (C=O) groups is 4. The van der Waals surface area contributed by atoms with Crippen LogP contribution in [0.2, 0.25) is 0 Å². The number of rotatable bonds is 8. The van der Waals surface area contributed by atoms with Crippen molar-refractivity contribution < 1.29 is 28.7 Å². The van der Waals surface area contributed by atoms with Crippen LogP contribution in [0, 0.1) is 11.3 Å². The molecule has 34 heavy (non-hydrogen) atoms. The number of nitrogens with zero attached hydrogens (tertiary/aromatic N) is 2. The van der Waals surface area contributed by atoms with Crippen molar-refractivity contribution in [1.29, 1.82) is 0 Å². The minimum absolute atomic E-state index is 0.0811. The number of nitrogens with two attached hydrogens (primary N) is 1. The number of ether oxygens (including phenoxy) is 2. The van der Waals surface area contributed by atoms with E-state index in [4.69, 9.17) is 15.2 Å². The fourth-order valence-electron chi connectivity index (χ4n) is 3.48. The lowest BCUT2D eigenvalue weighted by Gasteiger charge is -2.31. The lowest BCUT2D eigenvalue weighted by atomic mass is 9.92. The number of thiazole rings is 1. The predicted octanol–water partition coefficient (Wildman–Crippen LogP) is 1.99.